The van der Waals surface area contributed by atoms with Crippen LogP contribution in [-0.4, -0.2) is 11.1 Å². The van der Waals surface area contributed by atoms with Crippen LogP contribution in [0.5, 0.6) is 0 Å². The fourth-order valence-corrected chi connectivity index (χ4v) is 2.28. The van der Waals surface area contributed by atoms with Crippen molar-refractivity contribution in [3.8, 4) is 0 Å². The molecule has 0 saturated carbocycles. The zero-order chi connectivity index (χ0) is 9.38. The van der Waals surface area contributed by atoms with Gasteiger partial charge in [0.2, 0.25) is 0 Å². The molecule has 1 N–H and O–H groups in total. The summed E-state index contributed by atoms with van der Waals surface area (Å²) >= 11 is 0. The van der Waals surface area contributed by atoms with Gasteiger partial charge in [0, 0.05) is 11.7 Å². The summed E-state index contributed by atoms with van der Waals surface area (Å²) in [6.07, 6.45) is 5.23. The minimum atomic E-state index is 0.509. The predicted molar refractivity (Wildman–Crippen MR) is 58.2 cm³/mol. The number of hydrogen-bond acceptors (Lipinski definition) is 1. The van der Waals surface area contributed by atoms with Gasteiger partial charge in [-0.25, -0.2) is 0 Å². The van der Waals surface area contributed by atoms with Gasteiger partial charge >= 0.3 is 0 Å². The molecule has 1 aromatic heterocycles. The zero-order valence-corrected chi connectivity index (χ0v) is 8.11. The lowest BCUT2D eigenvalue weighted by molar-refractivity contribution is 0.484. The third kappa shape index (κ3) is 1.15. The highest BCUT2D eigenvalue weighted by atomic mass is 15.2. The normalized spacial score (nSPS) is 21.9. The number of para-hydroxylation sites is 1. The van der Waals surface area contributed by atoms with E-state index in [0.29, 0.717) is 6.17 Å². The van der Waals surface area contributed by atoms with Gasteiger partial charge < -0.3 is 4.57 Å². The predicted octanol–water partition coefficient (Wildman–Crippen LogP) is 2.52. The molecule has 1 aromatic carbocycles. The second-order valence-corrected chi connectivity index (χ2v) is 3.89. The lowest BCUT2D eigenvalue weighted by atomic mass is 10.2. The van der Waals surface area contributed by atoms with Crippen molar-refractivity contribution in [2.24, 2.45) is 0 Å². The van der Waals surface area contributed by atoms with Crippen LogP contribution in [0.4, 0.5) is 0 Å². The topological polar surface area (TPSA) is 17.0 Å². The van der Waals surface area contributed by atoms with Gasteiger partial charge in [0.1, 0.15) is 0 Å². The largest absolute Gasteiger partial charge is 0.331 e. The number of hydrogen-bond donors (Lipinski definition) is 1. The third-order valence-corrected chi connectivity index (χ3v) is 3.00. The minimum absolute atomic E-state index is 0.509. The van der Waals surface area contributed by atoms with Gasteiger partial charge in [-0.2, -0.15) is 0 Å². The fraction of sp³-hybridized carbons (Fsp3) is 0.333. The molecule has 1 fully saturated rings. The molecule has 1 aliphatic rings. The molecule has 1 atom stereocenters. The monoisotopic (exact) mass is 186 g/mol. The van der Waals surface area contributed by atoms with Crippen molar-refractivity contribution in [1.82, 2.24) is 9.88 Å². The van der Waals surface area contributed by atoms with Gasteiger partial charge in [0.05, 0.1) is 6.17 Å². The molecule has 3 rings (SSSR count). The quantitative estimate of drug-likeness (QED) is 0.724. The molecule has 1 aliphatic heterocycles. The molecule has 0 bridgehead atoms. The summed E-state index contributed by atoms with van der Waals surface area (Å²) in [6.45, 7) is 1.15. The maximum absolute atomic E-state index is 3.51. The molecule has 2 heteroatoms. The molecule has 0 spiro atoms. The summed E-state index contributed by atoms with van der Waals surface area (Å²) in [5.41, 5.74) is 1.34. The number of aromatic nitrogens is 1. The van der Waals surface area contributed by atoms with Crippen LogP contribution in [0, 0.1) is 0 Å². The van der Waals surface area contributed by atoms with Gasteiger partial charge in [-0.1, -0.05) is 18.2 Å². The van der Waals surface area contributed by atoms with E-state index in [9.17, 15) is 0 Å². The van der Waals surface area contributed by atoms with E-state index >= 15 is 0 Å². The maximum atomic E-state index is 3.51. The molecule has 1 unspecified atom stereocenters. The number of rotatable bonds is 1. The molecular weight excluding hydrogens is 172 g/mol. The smallest absolute Gasteiger partial charge is 0.0840 e. The van der Waals surface area contributed by atoms with E-state index in [1.807, 2.05) is 0 Å². The number of nitrogens with one attached hydrogen (secondary N) is 1. The fourth-order valence-electron chi connectivity index (χ4n) is 2.28. The summed E-state index contributed by atoms with van der Waals surface area (Å²) in [6, 6.07) is 10.7. The third-order valence-electron chi connectivity index (χ3n) is 3.00. The summed E-state index contributed by atoms with van der Waals surface area (Å²) in [5, 5.41) is 4.85. The van der Waals surface area contributed by atoms with Crippen molar-refractivity contribution in [3.05, 3.63) is 36.5 Å². The highest BCUT2D eigenvalue weighted by Crippen LogP contribution is 2.23. The highest BCUT2D eigenvalue weighted by Gasteiger charge is 2.16. The van der Waals surface area contributed by atoms with Crippen LogP contribution in [0.2, 0.25) is 0 Å². The molecule has 0 radical (unpaired) electrons. The molecule has 2 nitrogen and oxygen atoms in total. The molecule has 1 saturated heterocycles. The van der Waals surface area contributed by atoms with Crippen LogP contribution in [-0.2, 0) is 0 Å². The SMILES string of the molecule is c1ccc2c(c1)ccn2C1CCCN1. The van der Waals surface area contributed by atoms with Crippen LogP contribution >= 0.6 is 0 Å². The van der Waals surface area contributed by atoms with Crippen molar-refractivity contribution >= 4 is 10.9 Å². The van der Waals surface area contributed by atoms with Gasteiger partial charge in [-0.15, -0.1) is 0 Å². The Morgan fingerprint density at radius 3 is 3.00 bits per heavy atom. The first-order valence-corrected chi connectivity index (χ1v) is 5.24. The molecular formula is C12H14N2. The summed E-state index contributed by atoms with van der Waals surface area (Å²) in [5.74, 6) is 0. The first-order valence-electron chi connectivity index (χ1n) is 5.24. The minimum Gasteiger partial charge on any atom is -0.331 e. The number of fused-ring (bicyclic) bond motifs is 1. The average molecular weight is 186 g/mol. The lowest BCUT2D eigenvalue weighted by Crippen LogP contribution is -2.18. The van der Waals surface area contributed by atoms with Crippen molar-refractivity contribution in [1.29, 1.82) is 0 Å². The second kappa shape index (κ2) is 3.14. The van der Waals surface area contributed by atoms with Crippen LogP contribution < -0.4 is 5.32 Å². The maximum Gasteiger partial charge on any atom is 0.0840 e. The van der Waals surface area contributed by atoms with E-state index in [0.717, 1.165) is 6.54 Å². The van der Waals surface area contributed by atoms with Crippen LogP contribution in [0.15, 0.2) is 36.5 Å². The van der Waals surface area contributed by atoms with Crippen LogP contribution in [0.1, 0.15) is 19.0 Å². The van der Waals surface area contributed by atoms with Crippen molar-refractivity contribution in [2.45, 2.75) is 19.0 Å². The van der Waals surface area contributed by atoms with E-state index in [1.54, 1.807) is 0 Å². The Kier molecular flexibility index (Phi) is 1.81. The van der Waals surface area contributed by atoms with Crippen LogP contribution in [0.25, 0.3) is 10.9 Å². The summed E-state index contributed by atoms with van der Waals surface area (Å²) in [4.78, 5) is 0. The van der Waals surface area contributed by atoms with Crippen LogP contribution in [0.3, 0.4) is 0 Å². The number of nitrogens with zero attached hydrogens (tertiary/aromatic N) is 1. The van der Waals surface area contributed by atoms with E-state index < -0.39 is 0 Å². The molecule has 72 valence electrons. The van der Waals surface area contributed by atoms with E-state index in [1.165, 1.54) is 23.7 Å². The van der Waals surface area contributed by atoms with E-state index in [2.05, 4.69) is 46.4 Å². The van der Waals surface area contributed by atoms with Gasteiger partial charge in [0.25, 0.3) is 0 Å². The van der Waals surface area contributed by atoms with E-state index in [4.69, 9.17) is 0 Å². The molecule has 2 heterocycles. The summed E-state index contributed by atoms with van der Waals surface area (Å²) < 4.78 is 2.35. The Morgan fingerprint density at radius 2 is 2.14 bits per heavy atom. The first-order chi connectivity index (χ1) is 6.95. The molecule has 0 aliphatic carbocycles. The lowest BCUT2D eigenvalue weighted by Gasteiger charge is -2.13. The van der Waals surface area contributed by atoms with E-state index in [-0.39, 0.29) is 0 Å². The highest BCUT2D eigenvalue weighted by molar-refractivity contribution is 5.80. The Bertz CT molecular complexity index is 438. The van der Waals surface area contributed by atoms with Gasteiger partial charge in [-0.05, 0) is 36.9 Å². The molecule has 14 heavy (non-hydrogen) atoms. The molecule has 2 aromatic rings. The standard InChI is InChI=1S/C12H14N2/c1-2-5-11-10(4-1)7-9-14(11)12-6-3-8-13-12/h1-2,4-5,7,9,12-13H,3,6,8H2. The zero-order valence-electron chi connectivity index (χ0n) is 8.11. The first kappa shape index (κ1) is 8.06. The number of benzene rings is 1. The van der Waals surface area contributed by atoms with Crippen molar-refractivity contribution in [3.63, 3.8) is 0 Å². The second-order valence-electron chi connectivity index (χ2n) is 3.89. The van der Waals surface area contributed by atoms with Crippen molar-refractivity contribution in [2.75, 3.05) is 6.54 Å². The Labute approximate surface area is 83.5 Å². The molecule has 0 amide bonds. The van der Waals surface area contributed by atoms with Gasteiger partial charge in [0.15, 0.2) is 0 Å². The summed E-state index contributed by atoms with van der Waals surface area (Å²) in [7, 11) is 0. The average Bonchev–Trinajstić information content (AvgIpc) is 2.85. The Balaban J connectivity index is 2.11. The Morgan fingerprint density at radius 1 is 1.21 bits per heavy atom. The Hall–Kier alpha value is -1.28. The van der Waals surface area contributed by atoms with Crippen molar-refractivity contribution < 1.29 is 0 Å². The van der Waals surface area contributed by atoms with Gasteiger partial charge in [-0.3, -0.25) is 5.32 Å².